The van der Waals surface area contributed by atoms with Gasteiger partial charge in [0.1, 0.15) is 0 Å². The molecule has 0 aliphatic heterocycles. The summed E-state index contributed by atoms with van der Waals surface area (Å²) < 4.78 is 5.14. The standard InChI is InChI=1S/C20H21NO3S/c1-25-16-11-9-15(10-12-16)20(23)24-13-19(22)21-18-8-4-6-14-5-2-3-7-17(14)18/h2-3,5,7,9-12,18H,4,6,8,13H2,1H3,(H,21,22)/t18-/m0/s1. The monoisotopic (exact) mass is 355 g/mol. The van der Waals surface area contributed by atoms with Gasteiger partial charge in [-0.2, -0.15) is 0 Å². The Labute approximate surface area is 152 Å². The number of hydrogen-bond acceptors (Lipinski definition) is 4. The van der Waals surface area contributed by atoms with Gasteiger partial charge in [0, 0.05) is 4.90 Å². The average molecular weight is 355 g/mol. The lowest BCUT2D eigenvalue weighted by Gasteiger charge is -2.26. The first-order valence-corrected chi connectivity index (χ1v) is 9.58. The van der Waals surface area contributed by atoms with Crippen molar-refractivity contribution in [3.8, 4) is 0 Å². The van der Waals surface area contributed by atoms with Gasteiger partial charge in [0.25, 0.3) is 5.91 Å². The van der Waals surface area contributed by atoms with Crippen LogP contribution in [0.5, 0.6) is 0 Å². The number of esters is 1. The van der Waals surface area contributed by atoms with Crippen LogP contribution in [0.15, 0.2) is 53.4 Å². The van der Waals surface area contributed by atoms with Gasteiger partial charge in [0.15, 0.2) is 6.61 Å². The Morgan fingerprint density at radius 1 is 1.16 bits per heavy atom. The Hall–Kier alpha value is -2.27. The predicted molar refractivity (Wildman–Crippen MR) is 98.8 cm³/mol. The highest BCUT2D eigenvalue weighted by molar-refractivity contribution is 7.98. The van der Waals surface area contributed by atoms with Crippen LogP contribution >= 0.6 is 11.8 Å². The maximum Gasteiger partial charge on any atom is 0.338 e. The zero-order valence-corrected chi connectivity index (χ0v) is 15.0. The van der Waals surface area contributed by atoms with Gasteiger partial charge < -0.3 is 10.1 Å². The first-order chi connectivity index (χ1) is 12.2. The molecule has 0 bridgehead atoms. The summed E-state index contributed by atoms with van der Waals surface area (Å²) in [5.41, 5.74) is 2.90. The molecule has 0 saturated carbocycles. The number of benzene rings is 2. The van der Waals surface area contributed by atoms with Crippen molar-refractivity contribution in [1.82, 2.24) is 5.32 Å². The van der Waals surface area contributed by atoms with Crippen LogP contribution in [0.2, 0.25) is 0 Å². The molecule has 0 fully saturated rings. The first-order valence-electron chi connectivity index (χ1n) is 8.35. The fourth-order valence-corrected chi connectivity index (χ4v) is 3.49. The Morgan fingerprint density at radius 3 is 2.68 bits per heavy atom. The number of fused-ring (bicyclic) bond motifs is 1. The maximum absolute atomic E-state index is 12.2. The molecule has 5 heteroatoms. The quantitative estimate of drug-likeness (QED) is 0.655. The predicted octanol–water partition coefficient (Wildman–Crippen LogP) is 3.76. The van der Waals surface area contributed by atoms with E-state index >= 15 is 0 Å². The van der Waals surface area contributed by atoms with Gasteiger partial charge in [-0.1, -0.05) is 24.3 Å². The molecule has 0 heterocycles. The Kier molecular flexibility index (Phi) is 5.76. The lowest BCUT2D eigenvalue weighted by molar-refractivity contribution is -0.125. The molecule has 130 valence electrons. The van der Waals surface area contributed by atoms with E-state index in [1.165, 1.54) is 11.1 Å². The molecule has 3 rings (SSSR count). The van der Waals surface area contributed by atoms with E-state index in [9.17, 15) is 9.59 Å². The molecule has 0 spiro atoms. The maximum atomic E-state index is 12.2. The van der Waals surface area contributed by atoms with E-state index in [-0.39, 0.29) is 18.6 Å². The van der Waals surface area contributed by atoms with Crippen molar-refractivity contribution in [3.63, 3.8) is 0 Å². The van der Waals surface area contributed by atoms with Gasteiger partial charge in [0.2, 0.25) is 0 Å². The Morgan fingerprint density at radius 2 is 1.92 bits per heavy atom. The average Bonchev–Trinajstić information content (AvgIpc) is 2.66. The van der Waals surface area contributed by atoms with E-state index in [1.54, 1.807) is 23.9 Å². The topological polar surface area (TPSA) is 55.4 Å². The van der Waals surface area contributed by atoms with Gasteiger partial charge in [-0.3, -0.25) is 4.79 Å². The Balaban J connectivity index is 1.54. The van der Waals surface area contributed by atoms with Crippen molar-refractivity contribution >= 4 is 23.6 Å². The van der Waals surface area contributed by atoms with Crippen LogP contribution in [0.4, 0.5) is 0 Å². The third-order valence-corrected chi connectivity index (χ3v) is 5.11. The third kappa shape index (κ3) is 4.42. The third-order valence-electron chi connectivity index (χ3n) is 4.36. The van der Waals surface area contributed by atoms with E-state index in [1.807, 2.05) is 30.5 Å². The van der Waals surface area contributed by atoms with Crippen molar-refractivity contribution in [2.24, 2.45) is 0 Å². The fraction of sp³-hybridized carbons (Fsp3) is 0.300. The number of nitrogens with one attached hydrogen (secondary N) is 1. The highest BCUT2D eigenvalue weighted by Crippen LogP contribution is 2.29. The lowest BCUT2D eigenvalue weighted by atomic mass is 9.88. The van der Waals surface area contributed by atoms with Gasteiger partial charge >= 0.3 is 5.97 Å². The number of carbonyl (C=O) groups excluding carboxylic acids is 2. The van der Waals surface area contributed by atoms with Crippen LogP contribution in [0, 0.1) is 0 Å². The summed E-state index contributed by atoms with van der Waals surface area (Å²) in [6, 6.07) is 15.3. The van der Waals surface area contributed by atoms with Crippen LogP contribution in [0.1, 0.15) is 40.4 Å². The van der Waals surface area contributed by atoms with Crippen LogP contribution in [0.3, 0.4) is 0 Å². The van der Waals surface area contributed by atoms with E-state index in [4.69, 9.17) is 4.74 Å². The second-order valence-electron chi connectivity index (χ2n) is 6.02. The summed E-state index contributed by atoms with van der Waals surface area (Å²) in [7, 11) is 0. The lowest BCUT2D eigenvalue weighted by Crippen LogP contribution is -2.34. The zero-order chi connectivity index (χ0) is 17.6. The highest BCUT2D eigenvalue weighted by Gasteiger charge is 2.21. The molecule has 1 amide bonds. The molecule has 25 heavy (non-hydrogen) atoms. The molecule has 1 atom stereocenters. The summed E-state index contributed by atoms with van der Waals surface area (Å²) in [5, 5.41) is 2.98. The molecular formula is C20H21NO3S. The molecule has 2 aromatic rings. The second kappa shape index (κ2) is 8.21. The van der Waals surface area contributed by atoms with Crippen LogP contribution in [-0.2, 0) is 16.0 Å². The summed E-state index contributed by atoms with van der Waals surface area (Å²) >= 11 is 1.61. The normalized spacial score (nSPS) is 16.0. The summed E-state index contributed by atoms with van der Waals surface area (Å²) in [6.07, 6.45) is 4.97. The number of hydrogen-bond donors (Lipinski definition) is 1. The zero-order valence-electron chi connectivity index (χ0n) is 14.2. The van der Waals surface area contributed by atoms with E-state index in [2.05, 4.69) is 17.4 Å². The minimum atomic E-state index is -0.480. The van der Waals surface area contributed by atoms with Crippen molar-refractivity contribution in [1.29, 1.82) is 0 Å². The SMILES string of the molecule is CSc1ccc(C(=O)OCC(=O)N[C@H]2CCCc3ccccc32)cc1. The number of rotatable bonds is 5. The van der Waals surface area contributed by atoms with Gasteiger partial charge in [-0.05, 0) is 60.9 Å². The largest absolute Gasteiger partial charge is 0.452 e. The minimum Gasteiger partial charge on any atom is -0.452 e. The van der Waals surface area contributed by atoms with Crippen LogP contribution in [0.25, 0.3) is 0 Å². The van der Waals surface area contributed by atoms with Crippen molar-refractivity contribution < 1.29 is 14.3 Å². The van der Waals surface area contributed by atoms with E-state index in [0.717, 1.165) is 24.2 Å². The molecule has 4 nitrogen and oxygen atoms in total. The van der Waals surface area contributed by atoms with E-state index < -0.39 is 5.97 Å². The van der Waals surface area contributed by atoms with Crippen molar-refractivity contribution in [3.05, 3.63) is 65.2 Å². The molecule has 1 aliphatic rings. The summed E-state index contributed by atoms with van der Waals surface area (Å²) in [5.74, 6) is -0.748. The number of ether oxygens (including phenoxy) is 1. The second-order valence-corrected chi connectivity index (χ2v) is 6.90. The van der Waals surface area contributed by atoms with E-state index in [0.29, 0.717) is 5.56 Å². The number of thioether (sulfide) groups is 1. The minimum absolute atomic E-state index is 0.00276. The molecule has 1 N–H and O–H groups in total. The molecular weight excluding hydrogens is 334 g/mol. The number of carbonyl (C=O) groups is 2. The smallest absolute Gasteiger partial charge is 0.338 e. The van der Waals surface area contributed by atoms with Gasteiger partial charge in [0.05, 0.1) is 11.6 Å². The Bertz CT molecular complexity index is 758. The molecule has 0 aromatic heterocycles. The summed E-state index contributed by atoms with van der Waals surface area (Å²) in [6.45, 7) is -0.262. The van der Waals surface area contributed by atoms with Crippen LogP contribution in [-0.4, -0.2) is 24.7 Å². The molecule has 2 aromatic carbocycles. The number of aryl methyl sites for hydroxylation is 1. The van der Waals surface area contributed by atoms with Gasteiger partial charge in [-0.15, -0.1) is 11.8 Å². The molecule has 0 saturated heterocycles. The van der Waals surface area contributed by atoms with Gasteiger partial charge in [-0.25, -0.2) is 4.79 Å². The first kappa shape index (κ1) is 17.5. The molecule has 1 aliphatic carbocycles. The van der Waals surface area contributed by atoms with Crippen molar-refractivity contribution in [2.75, 3.05) is 12.9 Å². The summed E-state index contributed by atoms with van der Waals surface area (Å²) in [4.78, 5) is 25.3. The molecule has 0 unspecified atom stereocenters. The number of amides is 1. The fourth-order valence-electron chi connectivity index (χ4n) is 3.08. The molecule has 0 radical (unpaired) electrons. The highest BCUT2D eigenvalue weighted by atomic mass is 32.2. The van der Waals surface area contributed by atoms with Crippen LogP contribution < -0.4 is 5.32 Å². The van der Waals surface area contributed by atoms with Crippen molar-refractivity contribution in [2.45, 2.75) is 30.2 Å².